The van der Waals surface area contributed by atoms with E-state index in [1.807, 2.05) is 13.8 Å². The van der Waals surface area contributed by atoms with Gasteiger partial charge < -0.3 is 9.84 Å². The molecule has 0 aliphatic carbocycles. The molecule has 1 unspecified atom stereocenters. The monoisotopic (exact) mass is 243 g/mol. The standard InChI is InChI=1S/C13H25NO3/c1-11(2)10-17-13(16)9-14-7-4-3-5-12(14)6-8-15/h11-12,15H,3-10H2,1-2H3. The first kappa shape index (κ1) is 14.5. The highest BCUT2D eigenvalue weighted by atomic mass is 16.5. The van der Waals surface area contributed by atoms with E-state index in [1.54, 1.807) is 0 Å². The molecule has 1 rings (SSSR count). The summed E-state index contributed by atoms with van der Waals surface area (Å²) in [6.07, 6.45) is 4.18. The van der Waals surface area contributed by atoms with Gasteiger partial charge in [-0.05, 0) is 31.7 Å². The molecular formula is C13H25NO3. The van der Waals surface area contributed by atoms with E-state index in [9.17, 15) is 4.79 Å². The highest BCUT2D eigenvalue weighted by Crippen LogP contribution is 2.19. The highest BCUT2D eigenvalue weighted by Gasteiger charge is 2.24. The highest BCUT2D eigenvalue weighted by molar-refractivity contribution is 5.71. The number of rotatable bonds is 6. The van der Waals surface area contributed by atoms with Crippen LogP contribution in [0.2, 0.25) is 0 Å². The van der Waals surface area contributed by atoms with Crippen LogP contribution in [0.5, 0.6) is 0 Å². The van der Waals surface area contributed by atoms with Crippen molar-refractivity contribution in [1.29, 1.82) is 0 Å². The van der Waals surface area contributed by atoms with Gasteiger partial charge in [-0.1, -0.05) is 20.3 Å². The lowest BCUT2D eigenvalue weighted by molar-refractivity contribution is -0.147. The molecule has 1 aliphatic rings. The first-order chi connectivity index (χ1) is 8.13. The molecule has 0 radical (unpaired) electrons. The summed E-state index contributed by atoms with van der Waals surface area (Å²) >= 11 is 0. The largest absolute Gasteiger partial charge is 0.464 e. The van der Waals surface area contributed by atoms with E-state index in [0.29, 0.717) is 25.1 Å². The number of likely N-dealkylation sites (tertiary alicyclic amines) is 1. The number of carbonyl (C=O) groups is 1. The minimum atomic E-state index is -0.136. The molecule has 1 fully saturated rings. The third-order valence-corrected chi connectivity index (χ3v) is 3.12. The Balaban J connectivity index is 2.33. The Morgan fingerprint density at radius 1 is 1.47 bits per heavy atom. The van der Waals surface area contributed by atoms with Gasteiger partial charge in [0.05, 0.1) is 13.2 Å². The maximum absolute atomic E-state index is 11.6. The first-order valence-electron chi connectivity index (χ1n) is 6.64. The summed E-state index contributed by atoms with van der Waals surface area (Å²) in [5.41, 5.74) is 0. The van der Waals surface area contributed by atoms with Gasteiger partial charge in [-0.15, -0.1) is 0 Å². The first-order valence-corrected chi connectivity index (χ1v) is 6.64. The summed E-state index contributed by atoms with van der Waals surface area (Å²) in [6, 6.07) is 0.348. The van der Waals surface area contributed by atoms with E-state index in [-0.39, 0.29) is 12.6 Å². The molecule has 0 amide bonds. The number of piperidine rings is 1. The Kier molecular flexibility index (Phi) is 6.52. The van der Waals surface area contributed by atoms with Crippen molar-refractivity contribution >= 4 is 5.97 Å². The molecule has 0 aromatic heterocycles. The molecule has 0 aromatic carbocycles. The molecule has 1 saturated heterocycles. The lowest BCUT2D eigenvalue weighted by Gasteiger charge is -2.34. The summed E-state index contributed by atoms with van der Waals surface area (Å²) in [4.78, 5) is 13.8. The number of hydrogen-bond donors (Lipinski definition) is 1. The van der Waals surface area contributed by atoms with Gasteiger partial charge in [0.25, 0.3) is 0 Å². The van der Waals surface area contributed by atoms with Crippen LogP contribution in [0.4, 0.5) is 0 Å². The average molecular weight is 243 g/mol. The molecule has 4 nitrogen and oxygen atoms in total. The van der Waals surface area contributed by atoms with Crippen LogP contribution in [0.1, 0.15) is 39.5 Å². The molecule has 0 aromatic rings. The van der Waals surface area contributed by atoms with Crippen LogP contribution < -0.4 is 0 Å². The molecule has 0 bridgehead atoms. The number of nitrogens with zero attached hydrogens (tertiary/aromatic N) is 1. The number of hydrogen-bond acceptors (Lipinski definition) is 4. The van der Waals surface area contributed by atoms with Crippen molar-refractivity contribution in [3.05, 3.63) is 0 Å². The summed E-state index contributed by atoms with van der Waals surface area (Å²) in [5.74, 6) is 0.247. The molecular weight excluding hydrogens is 218 g/mol. The van der Waals surface area contributed by atoms with Gasteiger partial charge in [0, 0.05) is 12.6 Å². The van der Waals surface area contributed by atoms with Gasteiger partial charge in [0.1, 0.15) is 0 Å². The summed E-state index contributed by atoms with van der Waals surface area (Å²) in [5, 5.41) is 9.00. The number of aliphatic hydroxyl groups excluding tert-OH is 1. The Morgan fingerprint density at radius 3 is 2.88 bits per heavy atom. The van der Waals surface area contributed by atoms with Crippen molar-refractivity contribution in [2.75, 3.05) is 26.3 Å². The van der Waals surface area contributed by atoms with Gasteiger partial charge >= 0.3 is 5.97 Å². The zero-order chi connectivity index (χ0) is 12.7. The summed E-state index contributed by atoms with van der Waals surface area (Å²) in [7, 11) is 0. The van der Waals surface area contributed by atoms with E-state index in [2.05, 4.69) is 4.90 Å². The molecule has 0 saturated carbocycles. The Labute approximate surface area is 104 Å². The smallest absolute Gasteiger partial charge is 0.320 e. The maximum Gasteiger partial charge on any atom is 0.320 e. The molecule has 100 valence electrons. The topological polar surface area (TPSA) is 49.8 Å². The van der Waals surface area contributed by atoms with Crippen LogP contribution in [0, 0.1) is 5.92 Å². The zero-order valence-electron chi connectivity index (χ0n) is 11.0. The van der Waals surface area contributed by atoms with Gasteiger partial charge in [-0.3, -0.25) is 9.69 Å². The van der Waals surface area contributed by atoms with Crippen molar-refractivity contribution in [2.24, 2.45) is 5.92 Å². The van der Waals surface area contributed by atoms with Crippen LogP contribution in [0.25, 0.3) is 0 Å². The molecule has 1 atom stereocenters. The quantitative estimate of drug-likeness (QED) is 0.717. The molecule has 17 heavy (non-hydrogen) atoms. The van der Waals surface area contributed by atoms with Gasteiger partial charge in [-0.25, -0.2) is 0 Å². The Morgan fingerprint density at radius 2 is 2.24 bits per heavy atom. The Hall–Kier alpha value is -0.610. The second-order valence-electron chi connectivity index (χ2n) is 5.21. The van der Waals surface area contributed by atoms with Crippen LogP contribution in [-0.4, -0.2) is 48.3 Å². The van der Waals surface area contributed by atoms with Gasteiger partial charge in [0.2, 0.25) is 0 Å². The van der Waals surface area contributed by atoms with Crippen LogP contribution in [0.15, 0.2) is 0 Å². The maximum atomic E-state index is 11.6. The third-order valence-electron chi connectivity index (χ3n) is 3.12. The van der Waals surface area contributed by atoms with Gasteiger partial charge in [-0.2, -0.15) is 0 Å². The second-order valence-corrected chi connectivity index (χ2v) is 5.21. The van der Waals surface area contributed by atoms with E-state index < -0.39 is 0 Å². The predicted molar refractivity (Wildman–Crippen MR) is 66.7 cm³/mol. The van der Waals surface area contributed by atoms with Crippen LogP contribution >= 0.6 is 0 Å². The van der Waals surface area contributed by atoms with Crippen molar-refractivity contribution in [3.8, 4) is 0 Å². The van der Waals surface area contributed by atoms with E-state index in [1.165, 1.54) is 6.42 Å². The van der Waals surface area contributed by atoms with E-state index in [0.717, 1.165) is 25.8 Å². The minimum absolute atomic E-state index is 0.136. The lowest BCUT2D eigenvalue weighted by atomic mass is 10.00. The minimum Gasteiger partial charge on any atom is -0.464 e. The number of aliphatic hydroxyl groups is 1. The fourth-order valence-corrected chi connectivity index (χ4v) is 2.22. The average Bonchev–Trinajstić information content (AvgIpc) is 2.29. The van der Waals surface area contributed by atoms with Crippen molar-refractivity contribution < 1.29 is 14.6 Å². The Bertz CT molecular complexity index is 229. The molecule has 1 heterocycles. The van der Waals surface area contributed by atoms with Crippen molar-refractivity contribution in [2.45, 2.75) is 45.6 Å². The van der Waals surface area contributed by atoms with Gasteiger partial charge in [0.15, 0.2) is 0 Å². The zero-order valence-corrected chi connectivity index (χ0v) is 11.0. The molecule has 1 aliphatic heterocycles. The van der Waals surface area contributed by atoms with Crippen molar-refractivity contribution in [1.82, 2.24) is 4.90 Å². The summed E-state index contributed by atoms with van der Waals surface area (Å²) < 4.78 is 5.19. The fourth-order valence-electron chi connectivity index (χ4n) is 2.22. The van der Waals surface area contributed by atoms with Crippen molar-refractivity contribution in [3.63, 3.8) is 0 Å². The SMILES string of the molecule is CC(C)COC(=O)CN1CCCCC1CCO. The normalized spacial score (nSPS) is 21.8. The molecule has 0 spiro atoms. The summed E-state index contributed by atoms with van der Waals surface area (Å²) in [6.45, 7) is 6.07. The number of ether oxygens (including phenoxy) is 1. The molecule has 4 heteroatoms. The third kappa shape index (κ3) is 5.50. The fraction of sp³-hybridized carbons (Fsp3) is 0.923. The second kappa shape index (κ2) is 7.67. The van der Waals surface area contributed by atoms with Crippen LogP contribution in [-0.2, 0) is 9.53 Å². The van der Waals surface area contributed by atoms with E-state index in [4.69, 9.17) is 9.84 Å². The predicted octanol–water partition coefficient (Wildman–Crippen LogP) is 1.42. The molecule has 1 N–H and O–H groups in total. The van der Waals surface area contributed by atoms with Crippen LogP contribution in [0.3, 0.4) is 0 Å². The lowest BCUT2D eigenvalue weighted by Crippen LogP contribution is -2.43. The number of carbonyl (C=O) groups excluding carboxylic acids is 1. The number of esters is 1. The van der Waals surface area contributed by atoms with E-state index >= 15 is 0 Å².